The molecule has 0 spiro atoms. The largest absolute Gasteiger partial charge is 0.487 e. The van der Waals surface area contributed by atoms with E-state index in [1.54, 1.807) is 0 Å². The number of para-hydroxylation sites is 1. The van der Waals surface area contributed by atoms with Gasteiger partial charge in [0, 0.05) is 17.3 Å². The van der Waals surface area contributed by atoms with Crippen LogP contribution in [-0.4, -0.2) is 10.9 Å². The summed E-state index contributed by atoms with van der Waals surface area (Å²) in [4.78, 5) is 0. The van der Waals surface area contributed by atoms with Gasteiger partial charge in [-0.25, -0.2) is 0 Å². The molecule has 0 atom stereocenters. The van der Waals surface area contributed by atoms with Gasteiger partial charge >= 0.3 is 0 Å². The third-order valence-electron chi connectivity index (χ3n) is 2.51. The first-order valence-corrected chi connectivity index (χ1v) is 6.28. The molecule has 0 N–H and O–H groups in total. The zero-order chi connectivity index (χ0) is 10.9. The lowest BCUT2D eigenvalue weighted by Gasteiger charge is -2.17. The van der Waals surface area contributed by atoms with E-state index in [1.807, 2.05) is 0 Å². The van der Waals surface area contributed by atoms with Gasteiger partial charge in [-0.3, -0.25) is 0 Å². The van der Waals surface area contributed by atoms with Gasteiger partial charge in [-0.15, -0.1) is 0 Å². The van der Waals surface area contributed by atoms with Crippen molar-refractivity contribution >= 4 is 22.0 Å². The molecule has 0 saturated carbocycles. The lowest BCUT2D eigenvalue weighted by Crippen LogP contribution is -2.24. The third kappa shape index (κ3) is 2.25. The van der Waals surface area contributed by atoms with Gasteiger partial charge in [-0.1, -0.05) is 46.3 Å². The average molecular weight is 267 g/mol. The fourth-order valence-electron chi connectivity index (χ4n) is 1.94. The van der Waals surface area contributed by atoms with Crippen molar-refractivity contribution in [3.8, 4) is 5.75 Å². The summed E-state index contributed by atoms with van der Waals surface area (Å²) < 4.78 is 5.96. The van der Waals surface area contributed by atoms with E-state index in [0.29, 0.717) is 0 Å². The first-order valence-electron chi connectivity index (χ1n) is 5.16. The number of alkyl halides is 1. The van der Waals surface area contributed by atoms with Crippen LogP contribution in [0.4, 0.5) is 0 Å². The van der Waals surface area contributed by atoms with E-state index >= 15 is 0 Å². The van der Waals surface area contributed by atoms with Crippen LogP contribution in [0.25, 0.3) is 6.08 Å². The van der Waals surface area contributed by atoms with Crippen LogP contribution in [0.3, 0.4) is 0 Å². The molecule has 1 aromatic carbocycles. The highest BCUT2D eigenvalue weighted by Gasteiger charge is 2.30. The van der Waals surface area contributed by atoms with Crippen molar-refractivity contribution in [2.75, 3.05) is 5.33 Å². The lowest BCUT2D eigenvalue weighted by molar-refractivity contribution is 0.138. The number of rotatable bonds is 2. The van der Waals surface area contributed by atoms with Crippen molar-refractivity contribution < 1.29 is 4.74 Å². The van der Waals surface area contributed by atoms with E-state index in [0.717, 1.165) is 17.5 Å². The van der Waals surface area contributed by atoms with Crippen molar-refractivity contribution in [2.24, 2.45) is 0 Å². The van der Waals surface area contributed by atoms with Gasteiger partial charge < -0.3 is 4.74 Å². The molecule has 2 heteroatoms. The molecule has 1 aliphatic rings. The molecule has 0 aliphatic carbocycles. The summed E-state index contributed by atoms with van der Waals surface area (Å²) in [7, 11) is 0. The van der Waals surface area contributed by atoms with E-state index in [2.05, 4.69) is 60.1 Å². The van der Waals surface area contributed by atoms with Crippen LogP contribution in [-0.2, 0) is 6.42 Å². The van der Waals surface area contributed by atoms with Gasteiger partial charge in [0.1, 0.15) is 11.4 Å². The maximum atomic E-state index is 5.96. The molecule has 0 radical (unpaired) electrons. The minimum Gasteiger partial charge on any atom is -0.487 e. The molecule has 0 unspecified atom stereocenters. The molecule has 0 amide bonds. The Kier molecular flexibility index (Phi) is 2.87. The number of benzene rings is 1. The SMILES string of the molecule is CC1(C)Cc2cccc(/C=C/CBr)c2O1. The number of ether oxygens (including phenoxy) is 1. The minimum atomic E-state index is -0.0549. The van der Waals surface area contributed by atoms with Crippen molar-refractivity contribution in [1.82, 2.24) is 0 Å². The number of allylic oxidation sites excluding steroid dienone is 1. The predicted molar refractivity (Wildman–Crippen MR) is 67.7 cm³/mol. The summed E-state index contributed by atoms with van der Waals surface area (Å²) >= 11 is 3.38. The molecule has 0 saturated heterocycles. The van der Waals surface area contributed by atoms with Gasteiger partial charge in [0.15, 0.2) is 0 Å². The molecular weight excluding hydrogens is 252 g/mol. The van der Waals surface area contributed by atoms with Crippen LogP contribution in [0.5, 0.6) is 5.75 Å². The molecule has 0 bridgehead atoms. The maximum absolute atomic E-state index is 5.96. The van der Waals surface area contributed by atoms with Crippen molar-refractivity contribution in [1.29, 1.82) is 0 Å². The van der Waals surface area contributed by atoms with Gasteiger partial charge in [-0.05, 0) is 19.4 Å². The molecule has 1 aliphatic heterocycles. The zero-order valence-corrected chi connectivity index (χ0v) is 10.7. The van der Waals surface area contributed by atoms with E-state index in [1.165, 1.54) is 11.1 Å². The molecular formula is C13H15BrO. The molecule has 80 valence electrons. The highest BCUT2D eigenvalue weighted by Crippen LogP contribution is 2.37. The Bertz CT molecular complexity index is 394. The normalized spacial score (nSPS) is 17.8. The zero-order valence-electron chi connectivity index (χ0n) is 9.09. The monoisotopic (exact) mass is 266 g/mol. The molecule has 2 rings (SSSR count). The van der Waals surface area contributed by atoms with E-state index < -0.39 is 0 Å². The molecule has 15 heavy (non-hydrogen) atoms. The summed E-state index contributed by atoms with van der Waals surface area (Å²) in [5.41, 5.74) is 2.44. The fourth-order valence-corrected chi connectivity index (χ4v) is 2.13. The average Bonchev–Trinajstić information content (AvgIpc) is 2.49. The van der Waals surface area contributed by atoms with Gasteiger partial charge in [0.25, 0.3) is 0 Å². The minimum absolute atomic E-state index is 0.0549. The summed E-state index contributed by atoms with van der Waals surface area (Å²) in [6.07, 6.45) is 5.19. The van der Waals surface area contributed by atoms with Gasteiger partial charge in [-0.2, -0.15) is 0 Å². The number of hydrogen-bond acceptors (Lipinski definition) is 1. The van der Waals surface area contributed by atoms with Crippen LogP contribution in [0.1, 0.15) is 25.0 Å². The Morgan fingerprint density at radius 3 is 3.00 bits per heavy atom. The first-order chi connectivity index (χ1) is 7.12. The van der Waals surface area contributed by atoms with Crippen LogP contribution in [0, 0.1) is 0 Å². The summed E-state index contributed by atoms with van der Waals surface area (Å²) in [5.74, 6) is 1.06. The van der Waals surface area contributed by atoms with Crippen LogP contribution < -0.4 is 4.74 Å². The van der Waals surface area contributed by atoms with Crippen molar-refractivity contribution in [3.05, 3.63) is 35.4 Å². The Morgan fingerprint density at radius 2 is 2.27 bits per heavy atom. The Labute approximate surface area is 99.3 Å². The second-order valence-electron chi connectivity index (χ2n) is 4.43. The number of hydrogen-bond donors (Lipinski definition) is 0. The molecule has 0 fully saturated rings. The quantitative estimate of drug-likeness (QED) is 0.740. The highest BCUT2D eigenvalue weighted by molar-refractivity contribution is 9.09. The fraction of sp³-hybridized carbons (Fsp3) is 0.385. The van der Waals surface area contributed by atoms with Gasteiger partial charge in [0.2, 0.25) is 0 Å². The highest BCUT2D eigenvalue weighted by atomic mass is 79.9. The van der Waals surface area contributed by atoms with Crippen LogP contribution >= 0.6 is 15.9 Å². The number of halogens is 1. The van der Waals surface area contributed by atoms with E-state index in [-0.39, 0.29) is 5.60 Å². The van der Waals surface area contributed by atoms with Crippen LogP contribution in [0.2, 0.25) is 0 Å². The molecule has 1 nitrogen and oxygen atoms in total. The van der Waals surface area contributed by atoms with Crippen LogP contribution in [0.15, 0.2) is 24.3 Å². The van der Waals surface area contributed by atoms with Crippen molar-refractivity contribution in [2.45, 2.75) is 25.9 Å². The smallest absolute Gasteiger partial charge is 0.130 e. The second kappa shape index (κ2) is 4.01. The predicted octanol–water partition coefficient (Wildman–Crippen LogP) is 3.81. The van der Waals surface area contributed by atoms with Crippen molar-refractivity contribution in [3.63, 3.8) is 0 Å². The Hall–Kier alpha value is -0.760. The Balaban J connectivity index is 2.37. The topological polar surface area (TPSA) is 9.23 Å². The summed E-state index contributed by atoms with van der Waals surface area (Å²) in [5, 5.41) is 0.875. The summed E-state index contributed by atoms with van der Waals surface area (Å²) in [6.45, 7) is 4.26. The summed E-state index contributed by atoms with van der Waals surface area (Å²) in [6, 6.07) is 6.34. The second-order valence-corrected chi connectivity index (χ2v) is 5.08. The standard InChI is InChI=1S/C13H15BrO/c1-13(2)9-11-6-3-5-10(7-4-8-14)12(11)15-13/h3-7H,8-9H2,1-2H3/b7-4+. The van der Waals surface area contributed by atoms with E-state index in [9.17, 15) is 0 Å². The first kappa shape index (κ1) is 10.7. The van der Waals surface area contributed by atoms with Gasteiger partial charge in [0.05, 0.1) is 0 Å². The molecule has 0 aromatic heterocycles. The molecule has 1 aromatic rings. The third-order valence-corrected chi connectivity index (χ3v) is 2.88. The maximum Gasteiger partial charge on any atom is 0.130 e. The van der Waals surface area contributed by atoms with E-state index in [4.69, 9.17) is 4.74 Å². The number of fused-ring (bicyclic) bond motifs is 1. The molecule has 1 heterocycles. The Morgan fingerprint density at radius 1 is 1.47 bits per heavy atom. The lowest BCUT2D eigenvalue weighted by atomic mass is 10.0.